The molecule has 0 saturated heterocycles. The summed E-state index contributed by atoms with van der Waals surface area (Å²) >= 11 is 6.03. The molecule has 0 N–H and O–H groups in total. The molecular formula is C16H13ClNO+. The minimum Gasteiger partial charge on any atom is -0.496 e. The molecule has 3 aromatic rings. The summed E-state index contributed by atoms with van der Waals surface area (Å²) in [6.45, 7) is 0. The topological polar surface area (TPSA) is 13.1 Å². The molecule has 19 heavy (non-hydrogen) atoms. The maximum Gasteiger partial charge on any atom is 0.212 e. The Kier molecular flexibility index (Phi) is 3.10. The number of hydrogen-bond donors (Lipinski definition) is 0. The van der Waals surface area contributed by atoms with Crippen LogP contribution in [-0.2, 0) is 0 Å². The van der Waals surface area contributed by atoms with Crippen LogP contribution in [-0.4, -0.2) is 7.11 Å². The first kappa shape index (κ1) is 12.0. The van der Waals surface area contributed by atoms with Gasteiger partial charge in [0, 0.05) is 23.2 Å². The van der Waals surface area contributed by atoms with Crippen molar-refractivity contribution in [2.24, 2.45) is 0 Å². The van der Waals surface area contributed by atoms with Crippen LogP contribution in [0.2, 0.25) is 5.02 Å². The Morgan fingerprint density at radius 2 is 1.89 bits per heavy atom. The van der Waals surface area contributed by atoms with Gasteiger partial charge in [0.2, 0.25) is 5.69 Å². The molecule has 0 aliphatic rings. The molecule has 3 heteroatoms. The number of aromatic nitrogens is 1. The van der Waals surface area contributed by atoms with E-state index < -0.39 is 0 Å². The minimum absolute atomic E-state index is 0.727. The van der Waals surface area contributed by atoms with E-state index in [9.17, 15) is 0 Å². The van der Waals surface area contributed by atoms with E-state index in [1.165, 1.54) is 0 Å². The standard InChI is InChI=1S/C16H13ClNO/c1-19-16-7-2-4-12-8-9-18(11-15(12)16)14-6-3-5-13(17)10-14/h2-11H,1H3/q+1. The van der Waals surface area contributed by atoms with Crippen molar-refractivity contribution in [1.82, 2.24) is 0 Å². The van der Waals surface area contributed by atoms with Gasteiger partial charge in [0.15, 0.2) is 12.4 Å². The van der Waals surface area contributed by atoms with Crippen LogP contribution in [0.1, 0.15) is 0 Å². The lowest BCUT2D eigenvalue weighted by atomic mass is 10.1. The van der Waals surface area contributed by atoms with Gasteiger partial charge >= 0.3 is 0 Å². The molecule has 0 atom stereocenters. The Morgan fingerprint density at radius 1 is 1.05 bits per heavy atom. The van der Waals surface area contributed by atoms with Crippen molar-refractivity contribution in [1.29, 1.82) is 0 Å². The molecule has 0 spiro atoms. The highest BCUT2D eigenvalue weighted by Gasteiger charge is 2.10. The third-order valence-electron chi connectivity index (χ3n) is 3.11. The molecular weight excluding hydrogens is 258 g/mol. The Balaban J connectivity index is 2.21. The van der Waals surface area contributed by atoms with Gasteiger partial charge in [0.25, 0.3) is 0 Å². The number of hydrogen-bond acceptors (Lipinski definition) is 1. The van der Waals surface area contributed by atoms with Gasteiger partial charge in [0.05, 0.1) is 12.5 Å². The molecule has 0 fully saturated rings. The van der Waals surface area contributed by atoms with Gasteiger partial charge in [-0.1, -0.05) is 29.8 Å². The van der Waals surface area contributed by atoms with Crippen molar-refractivity contribution >= 4 is 22.4 Å². The molecule has 0 amide bonds. The van der Waals surface area contributed by atoms with Gasteiger partial charge in [0.1, 0.15) is 5.75 Å². The molecule has 2 nitrogen and oxygen atoms in total. The van der Waals surface area contributed by atoms with Crippen LogP contribution < -0.4 is 9.30 Å². The van der Waals surface area contributed by atoms with E-state index in [1.54, 1.807) is 7.11 Å². The second-order valence-corrected chi connectivity index (χ2v) is 4.73. The number of rotatable bonds is 2. The molecule has 0 saturated carbocycles. The maximum atomic E-state index is 6.03. The van der Waals surface area contributed by atoms with Gasteiger partial charge in [-0.05, 0) is 17.5 Å². The molecule has 1 aromatic heterocycles. The Hall–Kier alpha value is -2.06. The van der Waals surface area contributed by atoms with Crippen molar-refractivity contribution in [3.05, 3.63) is 65.9 Å². The summed E-state index contributed by atoms with van der Waals surface area (Å²) < 4.78 is 7.44. The lowest BCUT2D eigenvalue weighted by Gasteiger charge is -2.04. The van der Waals surface area contributed by atoms with E-state index in [-0.39, 0.29) is 0 Å². The Bertz CT molecular complexity index is 740. The van der Waals surface area contributed by atoms with E-state index >= 15 is 0 Å². The Morgan fingerprint density at radius 3 is 2.68 bits per heavy atom. The van der Waals surface area contributed by atoms with Crippen molar-refractivity contribution in [2.45, 2.75) is 0 Å². The van der Waals surface area contributed by atoms with Crippen molar-refractivity contribution in [3.8, 4) is 11.4 Å². The van der Waals surface area contributed by atoms with Crippen LogP contribution >= 0.6 is 11.6 Å². The van der Waals surface area contributed by atoms with E-state index in [2.05, 4.69) is 18.3 Å². The summed E-state index contributed by atoms with van der Waals surface area (Å²) in [7, 11) is 1.69. The first-order chi connectivity index (χ1) is 9.28. The summed E-state index contributed by atoms with van der Waals surface area (Å²) in [5.74, 6) is 0.869. The fourth-order valence-electron chi connectivity index (χ4n) is 2.16. The van der Waals surface area contributed by atoms with E-state index in [1.807, 2.05) is 47.2 Å². The molecule has 0 aliphatic heterocycles. The number of ether oxygens (including phenoxy) is 1. The van der Waals surface area contributed by atoms with Crippen LogP contribution in [0.15, 0.2) is 60.9 Å². The van der Waals surface area contributed by atoms with E-state index in [0.717, 1.165) is 27.2 Å². The average molecular weight is 271 g/mol. The fraction of sp³-hybridized carbons (Fsp3) is 0.0625. The highest BCUT2D eigenvalue weighted by Crippen LogP contribution is 2.23. The summed E-state index contributed by atoms with van der Waals surface area (Å²) in [5, 5.41) is 2.95. The number of halogens is 1. The van der Waals surface area contributed by atoms with Crippen LogP contribution in [0, 0.1) is 0 Å². The van der Waals surface area contributed by atoms with Gasteiger partial charge in [-0.3, -0.25) is 0 Å². The maximum absolute atomic E-state index is 6.03. The summed E-state index contributed by atoms with van der Waals surface area (Å²) in [5.41, 5.74) is 1.03. The van der Waals surface area contributed by atoms with Gasteiger partial charge in [-0.2, -0.15) is 4.57 Å². The van der Waals surface area contributed by atoms with Crippen LogP contribution in [0.5, 0.6) is 5.75 Å². The van der Waals surface area contributed by atoms with Crippen molar-refractivity contribution in [2.75, 3.05) is 7.11 Å². The third kappa shape index (κ3) is 2.27. The van der Waals surface area contributed by atoms with Crippen LogP contribution in [0.25, 0.3) is 16.5 Å². The summed E-state index contributed by atoms with van der Waals surface area (Å²) in [4.78, 5) is 0. The number of benzene rings is 2. The summed E-state index contributed by atoms with van der Waals surface area (Å²) in [6.07, 6.45) is 4.08. The highest BCUT2D eigenvalue weighted by molar-refractivity contribution is 6.30. The molecule has 3 rings (SSSR count). The molecule has 0 unspecified atom stereocenters. The van der Waals surface area contributed by atoms with Gasteiger partial charge in [-0.15, -0.1) is 0 Å². The number of pyridine rings is 1. The second kappa shape index (κ2) is 4.90. The molecule has 0 aliphatic carbocycles. The fourth-order valence-corrected chi connectivity index (χ4v) is 2.35. The largest absolute Gasteiger partial charge is 0.496 e. The number of methoxy groups -OCH3 is 1. The van der Waals surface area contributed by atoms with Crippen LogP contribution in [0.4, 0.5) is 0 Å². The van der Waals surface area contributed by atoms with Crippen molar-refractivity contribution < 1.29 is 9.30 Å². The molecule has 0 radical (unpaired) electrons. The first-order valence-electron chi connectivity index (χ1n) is 6.02. The zero-order valence-corrected chi connectivity index (χ0v) is 11.3. The molecule has 1 heterocycles. The normalized spacial score (nSPS) is 10.6. The third-order valence-corrected chi connectivity index (χ3v) is 3.34. The van der Waals surface area contributed by atoms with Gasteiger partial charge in [-0.25, -0.2) is 0 Å². The molecule has 94 valence electrons. The predicted octanol–water partition coefficient (Wildman–Crippen LogP) is 3.78. The van der Waals surface area contributed by atoms with Crippen molar-refractivity contribution in [3.63, 3.8) is 0 Å². The first-order valence-corrected chi connectivity index (χ1v) is 6.40. The highest BCUT2D eigenvalue weighted by atomic mass is 35.5. The lowest BCUT2D eigenvalue weighted by Crippen LogP contribution is -2.29. The quantitative estimate of drug-likeness (QED) is 0.646. The lowest BCUT2D eigenvalue weighted by molar-refractivity contribution is -0.594. The zero-order valence-electron chi connectivity index (χ0n) is 10.5. The second-order valence-electron chi connectivity index (χ2n) is 4.30. The van der Waals surface area contributed by atoms with Crippen LogP contribution in [0.3, 0.4) is 0 Å². The van der Waals surface area contributed by atoms with E-state index in [0.29, 0.717) is 0 Å². The predicted molar refractivity (Wildman–Crippen MR) is 77.0 cm³/mol. The number of nitrogens with zero attached hydrogens (tertiary/aromatic N) is 1. The average Bonchev–Trinajstić information content (AvgIpc) is 2.46. The summed E-state index contributed by atoms with van der Waals surface area (Å²) in [6, 6.07) is 15.9. The molecule has 0 bridgehead atoms. The Labute approximate surface area is 116 Å². The SMILES string of the molecule is COc1cccc2cc[n+](-c3cccc(Cl)c3)cc12. The van der Waals surface area contributed by atoms with E-state index in [4.69, 9.17) is 16.3 Å². The zero-order chi connectivity index (χ0) is 13.2. The smallest absolute Gasteiger partial charge is 0.212 e. The minimum atomic E-state index is 0.727. The monoisotopic (exact) mass is 270 g/mol. The number of fused-ring (bicyclic) bond motifs is 1. The van der Waals surface area contributed by atoms with Gasteiger partial charge < -0.3 is 4.74 Å². The molecule has 2 aromatic carbocycles.